The summed E-state index contributed by atoms with van der Waals surface area (Å²) >= 11 is 0. The zero-order chi connectivity index (χ0) is 15.6. The predicted octanol–water partition coefficient (Wildman–Crippen LogP) is 1.46. The van der Waals surface area contributed by atoms with Crippen molar-refractivity contribution in [2.45, 2.75) is 30.2 Å². The normalized spacial score (nSPS) is 29.2. The third-order valence-electron chi connectivity index (χ3n) is 3.17. The van der Waals surface area contributed by atoms with Crippen LogP contribution in [-0.2, 0) is 14.3 Å². The molecular weight excluding hydrogens is 283 g/mol. The first-order valence-electron chi connectivity index (χ1n) is 5.53. The second kappa shape index (κ2) is 5.31. The van der Waals surface area contributed by atoms with E-state index in [-0.39, 0.29) is 6.61 Å². The number of nitrogens with one attached hydrogen (secondary N) is 1. The summed E-state index contributed by atoms with van der Waals surface area (Å²) in [5.74, 6) is -1.58. The summed E-state index contributed by atoms with van der Waals surface area (Å²) in [6.45, 7) is 3.09. The average molecular weight is 297 g/mol. The van der Waals surface area contributed by atoms with Crippen molar-refractivity contribution in [3.8, 4) is 0 Å². The molecule has 1 fully saturated rings. The lowest BCUT2D eigenvalue weighted by Gasteiger charge is -2.52. The zero-order valence-electron chi connectivity index (χ0n) is 10.6. The molecule has 1 amide bonds. The monoisotopic (exact) mass is 297 g/mol. The lowest BCUT2D eigenvalue weighted by molar-refractivity contribution is -0.312. The molecule has 0 aromatic heterocycles. The van der Waals surface area contributed by atoms with Crippen molar-refractivity contribution in [2.24, 2.45) is 0 Å². The van der Waals surface area contributed by atoms with E-state index in [0.29, 0.717) is 0 Å². The highest BCUT2D eigenvalue weighted by Crippen LogP contribution is 2.53. The Labute approximate surface area is 112 Å². The Balaban J connectivity index is 2.82. The number of aliphatic carboxylic acids is 1. The summed E-state index contributed by atoms with van der Waals surface area (Å²) in [4.78, 5) is 22.4. The molecule has 114 valence electrons. The minimum absolute atomic E-state index is 0.184. The lowest BCUT2D eigenvalue weighted by Crippen LogP contribution is -2.74. The molecule has 0 aromatic rings. The topological polar surface area (TPSA) is 84.9 Å². The second-order valence-corrected chi connectivity index (χ2v) is 4.45. The highest BCUT2D eigenvalue weighted by Gasteiger charge is 2.72. The molecule has 2 N–H and O–H groups in total. The highest BCUT2D eigenvalue weighted by molar-refractivity contribution is 5.86. The van der Waals surface area contributed by atoms with Crippen LogP contribution in [-0.4, -0.2) is 48.2 Å². The van der Waals surface area contributed by atoms with Crippen LogP contribution < -0.4 is 5.32 Å². The molecule has 20 heavy (non-hydrogen) atoms. The average Bonchev–Trinajstić information content (AvgIpc) is 2.28. The Kier molecular flexibility index (Phi) is 4.33. The molecule has 9 heteroatoms. The third kappa shape index (κ3) is 2.72. The number of carboxylic acid groups (broad SMARTS) is 1. The van der Waals surface area contributed by atoms with E-state index < -0.39 is 42.2 Å². The molecule has 0 atom stereocenters. The van der Waals surface area contributed by atoms with Gasteiger partial charge in [0.1, 0.15) is 12.1 Å². The van der Waals surface area contributed by atoms with Crippen molar-refractivity contribution in [3.05, 3.63) is 12.7 Å². The molecule has 0 saturated heterocycles. The first-order chi connectivity index (χ1) is 9.12. The van der Waals surface area contributed by atoms with E-state index >= 15 is 0 Å². The van der Waals surface area contributed by atoms with E-state index in [2.05, 4.69) is 16.1 Å². The Bertz CT molecular complexity index is 415. The maximum absolute atomic E-state index is 12.8. The van der Waals surface area contributed by atoms with Gasteiger partial charge in [-0.1, -0.05) is 12.7 Å². The summed E-state index contributed by atoms with van der Waals surface area (Å²) in [5, 5.41) is 11.0. The van der Waals surface area contributed by atoms with Gasteiger partial charge >= 0.3 is 18.2 Å². The maximum atomic E-state index is 12.8. The smallest absolute Gasteiger partial charge is 0.417 e. The van der Waals surface area contributed by atoms with Crippen LogP contribution in [0.3, 0.4) is 0 Å². The van der Waals surface area contributed by atoms with Gasteiger partial charge in [-0.25, -0.2) is 9.59 Å². The van der Waals surface area contributed by atoms with Crippen molar-refractivity contribution in [1.29, 1.82) is 0 Å². The van der Waals surface area contributed by atoms with E-state index in [4.69, 9.17) is 5.11 Å². The Morgan fingerprint density at radius 1 is 1.45 bits per heavy atom. The Morgan fingerprint density at radius 2 is 2.00 bits per heavy atom. The molecule has 0 aromatic carbocycles. The van der Waals surface area contributed by atoms with Crippen LogP contribution in [0.2, 0.25) is 0 Å². The Morgan fingerprint density at radius 3 is 2.35 bits per heavy atom. The van der Waals surface area contributed by atoms with Gasteiger partial charge in [0.15, 0.2) is 5.60 Å². The fourth-order valence-electron chi connectivity index (χ4n) is 2.04. The SMILES string of the molecule is C=CCOC(=O)NC1(C(=O)O)CC(OC)(C(F)(F)F)C1. The van der Waals surface area contributed by atoms with Crippen LogP contribution in [0.25, 0.3) is 0 Å². The van der Waals surface area contributed by atoms with Gasteiger partial charge in [0, 0.05) is 20.0 Å². The van der Waals surface area contributed by atoms with Gasteiger partial charge in [-0.2, -0.15) is 13.2 Å². The number of hydrogen-bond acceptors (Lipinski definition) is 4. The summed E-state index contributed by atoms with van der Waals surface area (Å²) in [6.07, 6.45) is -6.45. The quantitative estimate of drug-likeness (QED) is 0.750. The first kappa shape index (κ1) is 16.3. The molecule has 0 unspecified atom stereocenters. The predicted molar refractivity (Wildman–Crippen MR) is 60.1 cm³/mol. The van der Waals surface area contributed by atoms with E-state index in [1.165, 1.54) is 6.08 Å². The van der Waals surface area contributed by atoms with Crippen molar-refractivity contribution in [2.75, 3.05) is 13.7 Å². The number of rotatable bonds is 5. The molecule has 1 aliphatic rings. The first-order valence-corrected chi connectivity index (χ1v) is 5.53. The fourth-order valence-corrected chi connectivity index (χ4v) is 2.04. The van der Waals surface area contributed by atoms with Crippen molar-refractivity contribution < 1.29 is 37.3 Å². The molecule has 0 spiro atoms. The van der Waals surface area contributed by atoms with Crippen LogP contribution >= 0.6 is 0 Å². The standard InChI is InChI=1S/C11H14F3NO5/c1-3-4-20-8(18)15-9(7(16)17)5-10(6-9,19-2)11(12,13)14/h3H,1,4-6H2,2H3,(H,15,18)(H,16,17). The van der Waals surface area contributed by atoms with Gasteiger partial charge in [0.25, 0.3) is 0 Å². The van der Waals surface area contributed by atoms with Gasteiger partial charge < -0.3 is 19.9 Å². The lowest BCUT2D eigenvalue weighted by atomic mass is 9.64. The van der Waals surface area contributed by atoms with Crippen molar-refractivity contribution in [1.82, 2.24) is 5.32 Å². The van der Waals surface area contributed by atoms with Gasteiger partial charge in [0.2, 0.25) is 0 Å². The molecule has 0 aliphatic heterocycles. The van der Waals surface area contributed by atoms with E-state index in [0.717, 1.165) is 7.11 Å². The molecular formula is C11H14F3NO5. The minimum Gasteiger partial charge on any atom is -0.479 e. The van der Waals surface area contributed by atoms with Gasteiger partial charge in [-0.15, -0.1) is 0 Å². The van der Waals surface area contributed by atoms with Crippen LogP contribution in [0.15, 0.2) is 12.7 Å². The summed E-state index contributed by atoms with van der Waals surface area (Å²) in [6, 6.07) is 0. The molecule has 6 nitrogen and oxygen atoms in total. The molecule has 1 aliphatic carbocycles. The number of carbonyl (C=O) groups excluding carboxylic acids is 1. The van der Waals surface area contributed by atoms with E-state index in [1.54, 1.807) is 0 Å². The van der Waals surface area contributed by atoms with Crippen LogP contribution in [0.4, 0.5) is 18.0 Å². The highest BCUT2D eigenvalue weighted by atomic mass is 19.4. The molecule has 0 heterocycles. The summed E-state index contributed by atoms with van der Waals surface area (Å²) in [5.41, 5.74) is -4.62. The number of carbonyl (C=O) groups is 2. The number of alkyl carbamates (subject to hydrolysis) is 1. The summed E-state index contributed by atoms with van der Waals surface area (Å²) < 4.78 is 47.4. The number of halogens is 3. The van der Waals surface area contributed by atoms with E-state index in [1.807, 2.05) is 5.32 Å². The number of alkyl halides is 3. The third-order valence-corrected chi connectivity index (χ3v) is 3.17. The van der Waals surface area contributed by atoms with Gasteiger partial charge in [0.05, 0.1) is 0 Å². The summed E-state index contributed by atoms with van der Waals surface area (Å²) in [7, 11) is 0.843. The second-order valence-electron chi connectivity index (χ2n) is 4.45. The van der Waals surface area contributed by atoms with E-state index in [9.17, 15) is 22.8 Å². The Hall–Kier alpha value is -1.77. The number of ether oxygens (including phenoxy) is 2. The van der Waals surface area contributed by atoms with Crippen LogP contribution in [0.5, 0.6) is 0 Å². The van der Waals surface area contributed by atoms with Crippen LogP contribution in [0.1, 0.15) is 12.8 Å². The van der Waals surface area contributed by atoms with Crippen molar-refractivity contribution in [3.63, 3.8) is 0 Å². The molecule has 0 bridgehead atoms. The largest absolute Gasteiger partial charge is 0.479 e. The van der Waals surface area contributed by atoms with Crippen molar-refractivity contribution >= 4 is 12.1 Å². The molecule has 1 saturated carbocycles. The molecule has 1 rings (SSSR count). The number of methoxy groups -OCH3 is 1. The number of hydrogen-bond donors (Lipinski definition) is 2. The van der Waals surface area contributed by atoms with Gasteiger partial charge in [-0.05, 0) is 0 Å². The fraction of sp³-hybridized carbons (Fsp3) is 0.636. The number of amides is 1. The minimum atomic E-state index is -4.73. The zero-order valence-corrected chi connectivity index (χ0v) is 10.6. The molecule has 0 radical (unpaired) electrons. The number of carboxylic acids is 1. The van der Waals surface area contributed by atoms with Crippen LogP contribution in [0, 0.1) is 0 Å². The maximum Gasteiger partial charge on any atom is 0.417 e. The van der Waals surface area contributed by atoms with Gasteiger partial charge in [-0.3, -0.25) is 0 Å².